The van der Waals surface area contributed by atoms with E-state index in [0.717, 1.165) is 5.75 Å². The molecule has 0 aromatic rings. The molecule has 2 fully saturated rings. The summed E-state index contributed by atoms with van der Waals surface area (Å²) in [6.45, 7) is 3.82. The third kappa shape index (κ3) is 1.91. The van der Waals surface area contributed by atoms with Crippen molar-refractivity contribution in [1.82, 2.24) is 0 Å². The monoisotopic (exact) mass is 238 g/mol. The van der Waals surface area contributed by atoms with Crippen molar-refractivity contribution in [2.45, 2.75) is 42.5 Å². The Morgan fingerprint density at radius 3 is 2.93 bits per heavy atom. The summed E-state index contributed by atoms with van der Waals surface area (Å²) in [5, 5.41) is 8.91. The van der Waals surface area contributed by atoms with Gasteiger partial charge in [-0.3, -0.25) is 0 Å². The first-order valence-corrected chi connectivity index (χ1v) is 6.24. The van der Waals surface area contributed by atoms with Crippen molar-refractivity contribution in [3.8, 4) is 0 Å². The van der Waals surface area contributed by atoms with Gasteiger partial charge >= 0.3 is 0 Å². The summed E-state index contributed by atoms with van der Waals surface area (Å²) < 4.78 is 11.5. The maximum atomic E-state index is 9.00. The fraction of sp³-hybridized carbons (Fsp3) is 1.00. The van der Waals surface area contributed by atoms with Crippen LogP contribution in [0.5, 0.6) is 0 Å². The van der Waals surface area contributed by atoms with Gasteiger partial charge in [-0.05, 0) is 13.8 Å². The Balaban J connectivity index is 2.04. The second-order valence-corrected chi connectivity index (χ2v) is 5.91. The maximum absolute atomic E-state index is 9.00. The van der Waals surface area contributed by atoms with E-state index in [1.54, 1.807) is 11.8 Å². The molecule has 2 rings (SSSR count). The molecule has 82 valence electrons. The molecule has 0 amide bonds. The molecule has 0 aromatic carbocycles. The number of hydrogen-bond acceptors (Lipinski definition) is 4. The van der Waals surface area contributed by atoms with Crippen molar-refractivity contribution in [2.75, 3.05) is 12.4 Å². The summed E-state index contributed by atoms with van der Waals surface area (Å²) in [6.07, 6.45) is 0.164. The Labute approximate surface area is 93.1 Å². The van der Waals surface area contributed by atoms with Gasteiger partial charge in [0, 0.05) is 5.75 Å². The second kappa shape index (κ2) is 3.83. The molecule has 0 bridgehead atoms. The van der Waals surface area contributed by atoms with E-state index in [-0.39, 0.29) is 29.4 Å². The highest BCUT2D eigenvalue weighted by Gasteiger charge is 2.51. The van der Waals surface area contributed by atoms with Crippen molar-refractivity contribution in [3.63, 3.8) is 0 Å². The number of aliphatic hydroxyl groups is 1. The molecular formula is C9H15ClO3S. The van der Waals surface area contributed by atoms with E-state index in [0.29, 0.717) is 0 Å². The van der Waals surface area contributed by atoms with Gasteiger partial charge in [0.15, 0.2) is 5.79 Å². The molecule has 2 aliphatic heterocycles. The largest absolute Gasteiger partial charge is 0.395 e. The molecule has 2 saturated heterocycles. The molecule has 2 aliphatic rings. The van der Waals surface area contributed by atoms with E-state index in [1.165, 1.54) is 0 Å². The zero-order valence-electron chi connectivity index (χ0n) is 8.27. The van der Waals surface area contributed by atoms with Crippen LogP contribution in [0, 0.1) is 0 Å². The topological polar surface area (TPSA) is 38.7 Å². The lowest BCUT2D eigenvalue weighted by atomic mass is 10.1. The third-order valence-corrected chi connectivity index (χ3v) is 4.59. The highest BCUT2D eigenvalue weighted by atomic mass is 35.5. The van der Waals surface area contributed by atoms with Crippen molar-refractivity contribution in [1.29, 1.82) is 0 Å². The molecule has 0 unspecified atom stereocenters. The standard InChI is InChI=1S/C9H15ClO3S/c1-9(2)12-6-4-14-8(5(10)3-11)7(6)13-9/h5-8,11H,3-4H2,1-2H3/t5-,6+,7+,8-/m0/s1. The number of alkyl halides is 1. The first-order valence-electron chi connectivity index (χ1n) is 4.75. The average Bonchev–Trinajstić information content (AvgIpc) is 2.58. The van der Waals surface area contributed by atoms with Gasteiger partial charge in [-0.2, -0.15) is 11.8 Å². The van der Waals surface area contributed by atoms with Crippen molar-refractivity contribution in [3.05, 3.63) is 0 Å². The van der Waals surface area contributed by atoms with Crippen molar-refractivity contribution in [2.24, 2.45) is 0 Å². The lowest BCUT2D eigenvalue weighted by molar-refractivity contribution is -0.145. The predicted octanol–water partition coefficient (Wildman–Crippen LogP) is 1.22. The van der Waals surface area contributed by atoms with Crippen LogP contribution in [0.2, 0.25) is 0 Å². The van der Waals surface area contributed by atoms with Crippen molar-refractivity contribution < 1.29 is 14.6 Å². The van der Waals surface area contributed by atoms with Crippen molar-refractivity contribution >= 4 is 23.4 Å². The fourth-order valence-electron chi connectivity index (χ4n) is 1.99. The first kappa shape index (κ1) is 11.0. The van der Waals surface area contributed by atoms with E-state index >= 15 is 0 Å². The normalized spacial score (nSPS) is 42.4. The van der Waals surface area contributed by atoms with E-state index in [9.17, 15) is 0 Å². The van der Waals surface area contributed by atoms with E-state index in [4.69, 9.17) is 26.2 Å². The number of fused-ring (bicyclic) bond motifs is 1. The summed E-state index contributed by atoms with van der Waals surface area (Å²) in [6, 6.07) is 0. The number of thioether (sulfide) groups is 1. The van der Waals surface area contributed by atoms with Gasteiger partial charge in [-0.25, -0.2) is 0 Å². The highest BCUT2D eigenvalue weighted by molar-refractivity contribution is 8.00. The van der Waals surface area contributed by atoms with Gasteiger partial charge in [-0.1, -0.05) is 0 Å². The molecule has 4 atom stereocenters. The number of hydrogen-bond donors (Lipinski definition) is 1. The molecular weight excluding hydrogens is 224 g/mol. The van der Waals surface area contributed by atoms with Crippen LogP contribution in [0.25, 0.3) is 0 Å². The molecule has 0 aliphatic carbocycles. The van der Waals surface area contributed by atoms with E-state index < -0.39 is 5.79 Å². The Morgan fingerprint density at radius 1 is 1.57 bits per heavy atom. The van der Waals surface area contributed by atoms with E-state index in [1.807, 2.05) is 13.8 Å². The van der Waals surface area contributed by atoms with Gasteiger partial charge in [0.2, 0.25) is 0 Å². The number of halogens is 1. The third-order valence-electron chi connectivity index (χ3n) is 2.53. The molecule has 14 heavy (non-hydrogen) atoms. The van der Waals surface area contributed by atoms with Crippen LogP contribution >= 0.6 is 23.4 Å². The molecule has 2 heterocycles. The Morgan fingerprint density at radius 2 is 2.29 bits per heavy atom. The van der Waals surface area contributed by atoms with E-state index in [2.05, 4.69) is 0 Å². The van der Waals surface area contributed by atoms with Crippen LogP contribution in [0.1, 0.15) is 13.8 Å². The molecule has 3 nitrogen and oxygen atoms in total. The summed E-state index contributed by atoms with van der Waals surface area (Å²) in [5.41, 5.74) is 0. The smallest absolute Gasteiger partial charge is 0.163 e. The maximum Gasteiger partial charge on any atom is 0.163 e. The van der Waals surface area contributed by atoms with Gasteiger partial charge < -0.3 is 14.6 Å². The van der Waals surface area contributed by atoms with Crippen LogP contribution in [-0.2, 0) is 9.47 Å². The molecule has 1 N–H and O–H groups in total. The summed E-state index contributed by atoms with van der Waals surface area (Å²) in [5.74, 6) is 0.405. The van der Waals surface area contributed by atoms with Gasteiger partial charge in [0.05, 0.1) is 23.3 Å². The fourth-order valence-corrected chi connectivity index (χ4v) is 3.73. The highest BCUT2D eigenvalue weighted by Crippen LogP contribution is 2.43. The zero-order valence-corrected chi connectivity index (χ0v) is 9.85. The lowest BCUT2D eigenvalue weighted by Gasteiger charge is -2.23. The van der Waals surface area contributed by atoms with Crippen LogP contribution in [0.4, 0.5) is 0 Å². The molecule has 5 heteroatoms. The van der Waals surface area contributed by atoms with Crippen LogP contribution in [0.15, 0.2) is 0 Å². The Bertz CT molecular complexity index is 224. The van der Waals surface area contributed by atoms with Crippen LogP contribution < -0.4 is 0 Å². The minimum atomic E-state index is -0.499. The molecule has 0 saturated carbocycles. The number of aliphatic hydroxyl groups excluding tert-OH is 1. The molecule has 0 spiro atoms. The summed E-state index contributed by atoms with van der Waals surface area (Å²) in [7, 11) is 0. The number of rotatable bonds is 2. The second-order valence-electron chi connectivity index (χ2n) is 4.14. The van der Waals surface area contributed by atoms with Crippen LogP contribution in [0.3, 0.4) is 0 Å². The minimum absolute atomic E-state index is 0.00771. The zero-order chi connectivity index (χ0) is 10.3. The SMILES string of the molecule is CC1(C)O[C@H]2[C@H]([C@@H](Cl)CO)SC[C@H]2O1. The van der Waals surface area contributed by atoms with Gasteiger partial charge in [0.1, 0.15) is 6.10 Å². The average molecular weight is 239 g/mol. The lowest BCUT2D eigenvalue weighted by Crippen LogP contribution is -2.35. The first-order chi connectivity index (χ1) is 6.53. The number of ether oxygens (including phenoxy) is 2. The Kier molecular flexibility index (Phi) is 3.02. The minimum Gasteiger partial charge on any atom is -0.395 e. The van der Waals surface area contributed by atoms with Crippen LogP contribution in [-0.4, -0.2) is 46.1 Å². The predicted molar refractivity (Wildman–Crippen MR) is 56.8 cm³/mol. The van der Waals surface area contributed by atoms with Gasteiger partial charge in [0.25, 0.3) is 0 Å². The molecule has 0 radical (unpaired) electrons. The Hall–Kier alpha value is 0.520. The summed E-state index contributed by atoms with van der Waals surface area (Å²) >= 11 is 7.75. The van der Waals surface area contributed by atoms with Gasteiger partial charge in [-0.15, -0.1) is 11.6 Å². The molecule has 0 aromatic heterocycles. The summed E-state index contributed by atoms with van der Waals surface area (Å²) in [4.78, 5) is 0. The quantitative estimate of drug-likeness (QED) is 0.735.